The Morgan fingerprint density at radius 1 is 0.964 bits per heavy atom. The van der Waals surface area contributed by atoms with Gasteiger partial charge < -0.3 is 16.0 Å². The van der Waals surface area contributed by atoms with Crippen molar-refractivity contribution < 1.29 is 4.79 Å². The van der Waals surface area contributed by atoms with Gasteiger partial charge >= 0.3 is 0 Å². The van der Waals surface area contributed by atoms with Crippen LogP contribution in [0.1, 0.15) is 11.1 Å². The van der Waals surface area contributed by atoms with E-state index in [0.29, 0.717) is 5.56 Å². The Morgan fingerprint density at radius 2 is 1.68 bits per heavy atom. The minimum absolute atomic E-state index is 0.0111. The van der Waals surface area contributed by atoms with Crippen LogP contribution < -0.4 is 11.1 Å². The second-order valence-electron chi connectivity index (χ2n) is 6.66. The van der Waals surface area contributed by atoms with Gasteiger partial charge in [0.05, 0.1) is 6.42 Å². The lowest BCUT2D eigenvalue weighted by atomic mass is 10.1. The fraction of sp³-hybridized carbons (Fsp3) is 0.0435. The highest BCUT2D eigenvalue weighted by atomic mass is 16.1. The highest BCUT2D eigenvalue weighted by Gasteiger charge is 2.11. The number of H-pyrrole nitrogens is 1. The van der Waals surface area contributed by atoms with Gasteiger partial charge in [-0.05, 0) is 47.0 Å². The topological polar surface area (TPSA) is 94.8 Å². The maximum absolute atomic E-state index is 12.5. The maximum atomic E-state index is 12.5. The predicted octanol–water partition coefficient (Wildman–Crippen LogP) is 4.30. The maximum Gasteiger partial charge on any atom is 0.228 e. The average molecular weight is 368 g/mol. The molecule has 0 unspecified atom stereocenters. The summed E-state index contributed by atoms with van der Waals surface area (Å²) in [6.07, 6.45) is 2.06. The van der Waals surface area contributed by atoms with Gasteiger partial charge in [0.15, 0.2) is 0 Å². The van der Waals surface area contributed by atoms with Crippen molar-refractivity contribution in [3.8, 4) is 11.1 Å². The van der Waals surface area contributed by atoms with E-state index < -0.39 is 0 Å². The third-order valence-corrected chi connectivity index (χ3v) is 4.71. The molecule has 1 amide bonds. The Labute approximate surface area is 162 Å². The molecule has 1 heterocycles. The fourth-order valence-corrected chi connectivity index (χ4v) is 3.25. The van der Waals surface area contributed by atoms with Crippen LogP contribution in [0.2, 0.25) is 0 Å². The number of hydrogen-bond acceptors (Lipinski definition) is 2. The van der Waals surface area contributed by atoms with Crippen molar-refractivity contribution in [1.82, 2.24) is 4.98 Å². The summed E-state index contributed by atoms with van der Waals surface area (Å²) in [4.78, 5) is 15.7. The molecule has 0 saturated heterocycles. The number of nitrogens with one attached hydrogen (secondary N) is 3. The first kappa shape index (κ1) is 17.5. The quantitative estimate of drug-likeness (QED) is 0.312. The number of nitrogens with two attached hydrogens (primary N) is 1. The molecular weight excluding hydrogens is 348 g/mol. The molecule has 0 aliphatic carbocycles. The summed E-state index contributed by atoms with van der Waals surface area (Å²) >= 11 is 0. The Kier molecular flexibility index (Phi) is 4.64. The number of rotatable bonds is 5. The highest BCUT2D eigenvalue weighted by Crippen LogP contribution is 2.23. The molecule has 5 heteroatoms. The Bertz CT molecular complexity index is 1140. The van der Waals surface area contributed by atoms with Crippen molar-refractivity contribution >= 4 is 28.3 Å². The monoisotopic (exact) mass is 368 g/mol. The lowest BCUT2D eigenvalue weighted by Crippen LogP contribution is -2.14. The number of anilines is 1. The van der Waals surface area contributed by atoms with E-state index in [9.17, 15) is 4.79 Å². The molecule has 0 radical (unpaired) electrons. The lowest BCUT2D eigenvalue weighted by Gasteiger charge is -2.07. The van der Waals surface area contributed by atoms with Crippen LogP contribution in [0.15, 0.2) is 79.0 Å². The van der Waals surface area contributed by atoms with E-state index in [4.69, 9.17) is 11.1 Å². The van der Waals surface area contributed by atoms with Crippen molar-refractivity contribution in [3.63, 3.8) is 0 Å². The fourth-order valence-electron chi connectivity index (χ4n) is 3.25. The number of nitrogen functional groups attached to an aromatic ring is 1. The number of amides is 1. The van der Waals surface area contributed by atoms with Gasteiger partial charge in [0, 0.05) is 28.4 Å². The number of carbonyl (C=O) groups is 1. The van der Waals surface area contributed by atoms with E-state index >= 15 is 0 Å². The van der Waals surface area contributed by atoms with Crippen LogP contribution in [0.3, 0.4) is 0 Å². The molecule has 0 spiro atoms. The van der Waals surface area contributed by atoms with E-state index in [1.54, 1.807) is 6.07 Å². The summed E-state index contributed by atoms with van der Waals surface area (Å²) in [5.74, 6) is -0.0846. The molecular formula is C23H20N4O. The smallest absolute Gasteiger partial charge is 0.228 e. The first-order valence-electron chi connectivity index (χ1n) is 9.00. The van der Waals surface area contributed by atoms with Crippen LogP contribution in [0.5, 0.6) is 0 Å². The summed E-state index contributed by atoms with van der Waals surface area (Å²) < 4.78 is 0. The molecule has 0 saturated carbocycles. The molecule has 5 N–H and O–H groups in total. The lowest BCUT2D eigenvalue weighted by molar-refractivity contribution is -0.115. The second kappa shape index (κ2) is 7.40. The number of fused-ring (bicyclic) bond motifs is 1. The summed E-state index contributed by atoms with van der Waals surface area (Å²) in [6.45, 7) is 0. The number of benzene rings is 3. The van der Waals surface area contributed by atoms with Crippen LogP contribution in [0, 0.1) is 5.41 Å². The zero-order valence-electron chi connectivity index (χ0n) is 15.2. The molecule has 1 aromatic heterocycles. The molecule has 0 bridgehead atoms. The van der Waals surface area contributed by atoms with Crippen LogP contribution in [-0.4, -0.2) is 16.7 Å². The average Bonchev–Trinajstić information content (AvgIpc) is 3.11. The SMILES string of the molecule is N=C(N)c1ccc2[nH]cc(CC(=O)Nc3ccc(-c4ccccc4)cc3)c2c1. The number of aromatic nitrogens is 1. The molecule has 4 aromatic rings. The Morgan fingerprint density at radius 3 is 2.39 bits per heavy atom. The first-order chi connectivity index (χ1) is 13.6. The van der Waals surface area contributed by atoms with Crippen molar-refractivity contribution in [1.29, 1.82) is 5.41 Å². The van der Waals surface area contributed by atoms with Gasteiger partial charge in [-0.1, -0.05) is 42.5 Å². The summed E-state index contributed by atoms with van der Waals surface area (Å²) in [7, 11) is 0. The van der Waals surface area contributed by atoms with Gasteiger partial charge in [-0.3, -0.25) is 10.2 Å². The minimum atomic E-state index is -0.0958. The van der Waals surface area contributed by atoms with Gasteiger partial charge in [-0.25, -0.2) is 0 Å². The first-order valence-corrected chi connectivity index (χ1v) is 9.00. The van der Waals surface area contributed by atoms with Crippen LogP contribution in [-0.2, 0) is 11.2 Å². The minimum Gasteiger partial charge on any atom is -0.384 e. The van der Waals surface area contributed by atoms with E-state index in [1.165, 1.54) is 0 Å². The third kappa shape index (κ3) is 3.64. The van der Waals surface area contributed by atoms with Crippen molar-refractivity contribution in [3.05, 3.63) is 90.1 Å². The molecule has 0 aliphatic rings. The van der Waals surface area contributed by atoms with E-state index in [-0.39, 0.29) is 18.2 Å². The van der Waals surface area contributed by atoms with E-state index in [0.717, 1.165) is 33.3 Å². The van der Waals surface area contributed by atoms with Crippen molar-refractivity contribution in [2.24, 2.45) is 5.73 Å². The Hall–Kier alpha value is -3.86. The number of carbonyl (C=O) groups excluding carboxylic acids is 1. The van der Waals surface area contributed by atoms with Gasteiger partial charge in [0.25, 0.3) is 0 Å². The molecule has 0 aliphatic heterocycles. The normalized spacial score (nSPS) is 10.7. The standard InChI is InChI=1S/C23H20N4O/c24-23(25)17-8-11-21-20(12-17)18(14-26-21)13-22(28)27-19-9-6-16(7-10-19)15-4-2-1-3-5-15/h1-12,14,26H,13H2,(H3,24,25)(H,27,28). The summed E-state index contributed by atoms with van der Waals surface area (Å²) in [5, 5.41) is 11.4. The molecule has 28 heavy (non-hydrogen) atoms. The zero-order chi connectivity index (χ0) is 19.5. The third-order valence-electron chi connectivity index (χ3n) is 4.71. The van der Waals surface area contributed by atoms with Crippen molar-refractivity contribution in [2.45, 2.75) is 6.42 Å². The van der Waals surface area contributed by atoms with Gasteiger partial charge in [0.1, 0.15) is 5.84 Å². The number of amidine groups is 1. The number of aromatic amines is 1. The molecule has 138 valence electrons. The molecule has 5 nitrogen and oxygen atoms in total. The van der Waals surface area contributed by atoms with Crippen molar-refractivity contribution in [2.75, 3.05) is 5.32 Å². The van der Waals surface area contributed by atoms with E-state index in [1.807, 2.05) is 60.8 Å². The highest BCUT2D eigenvalue weighted by molar-refractivity contribution is 6.01. The number of hydrogen-bond donors (Lipinski definition) is 4. The van der Waals surface area contributed by atoms with Crippen LogP contribution in [0.4, 0.5) is 5.69 Å². The molecule has 0 atom stereocenters. The molecule has 0 fully saturated rings. The Balaban J connectivity index is 1.48. The van der Waals surface area contributed by atoms with Gasteiger partial charge in [-0.2, -0.15) is 0 Å². The van der Waals surface area contributed by atoms with Gasteiger partial charge in [0.2, 0.25) is 5.91 Å². The zero-order valence-corrected chi connectivity index (χ0v) is 15.2. The van der Waals surface area contributed by atoms with Crippen LogP contribution in [0.25, 0.3) is 22.0 Å². The predicted molar refractivity (Wildman–Crippen MR) is 114 cm³/mol. The summed E-state index contributed by atoms with van der Waals surface area (Å²) in [6, 6.07) is 23.4. The largest absolute Gasteiger partial charge is 0.384 e. The molecule has 3 aromatic carbocycles. The van der Waals surface area contributed by atoms with Crippen LogP contribution >= 0.6 is 0 Å². The van der Waals surface area contributed by atoms with Gasteiger partial charge in [-0.15, -0.1) is 0 Å². The second-order valence-corrected chi connectivity index (χ2v) is 6.66. The van der Waals surface area contributed by atoms with E-state index in [2.05, 4.69) is 22.4 Å². The molecule has 4 rings (SSSR count). The summed E-state index contributed by atoms with van der Waals surface area (Å²) in [5.41, 5.74) is 11.0.